The summed E-state index contributed by atoms with van der Waals surface area (Å²) in [4.78, 5) is 40.3. The lowest BCUT2D eigenvalue weighted by molar-refractivity contribution is 0.0612. The lowest BCUT2D eigenvalue weighted by Gasteiger charge is -2.23. The van der Waals surface area contributed by atoms with Gasteiger partial charge in [0.2, 0.25) is 0 Å². The average molecular weight is 607 g/mol. The van der Waals surface area contributed by atoms with Crippen LogP contribution in [0.2, 0.25) is 0 Å². The van der Waals surface area contributed by atoms with Crippen molar-refractivity contribution in [2.45, 2.75) is 32.7 Å². The molecule has 2 aromatic carbocycles. The molecule has 0 unspecified atom stereocenters. The van der Waals surface area contributed by atoms with E-state index in [0.29, 0.717) is 51.7 Å². The minimum Gasteiger partial charge on any atom is -0.493 e. The van der Waals surface area contributed by atoms with E-state index in [1.807, 2.05) is 42.0 Å². The number of methoxy groups -OCH3 is 2. The minimum absolute atomic E-state index is 0.0285. The maximum Gasteiger partial charge on any atom is 0.321 e. The van der Waals surface area contributed by atoms with Gasteiger partial charge in [-0.25, -0.2) is 9.97 Å². The topological polar surface area (TPSA) is 115 Å². The van der Waals surface area contributed by atoms with E-state index in [0.717, 1.165) is 37.2 Å². The molecule has 1 aliphatic heterocycles. The summed E-state index contributed by atoms with van der Waals surface area (Å²) in [6, 6.07) is 13.1. The Kier molecular flexibility index (Phi) is 8.84. The van der Waals surface area contributed by atoms with Gasteiger partial charge >= 0.3 is 6.01 Å². The van der Waals surface area contributed by atoms with Crippen molar-refractivity contribution < 1.29 is 23.7 Å². The van der Waals surface area contributed by atoms with E-state index >= 15 is 0 Å². The predicted molar refractivity (Wildman–Crippen MR) is 169 cm³/mol. The van der Waals surface area contributed by atoms with Crippen LogP contribution in [0.4, 0.5) is 0 Å². The molecule has 4 heterocycles. The number of hydrogen-bond donors (Lipinski definition) is 0. The van der Waals surface area contributed by atoms with Crippen LogP contribution in [0, 0.1) is 12.8 Å². The number of ether oxygens (including phenoxy) is 4. The maximum absolute atomic E-state index is 13.7. The number of hydrogen-bond acceptors (Lipinski definition) is 9. The molecule has 0 saturated carbocycles. The summed E-state index contributed by atoms with van der Waals surface area (Å²) < 4.78 is 24.3. The van der Waals surface area contributed by atoms with E-state index in [-0.39, 0.29) is 29.2 Å². The standard InChI is InChI=1S/C35H34N4O6/c1-22-4-6-25(7-5-22)27-20-39(19-23-9-12-44-13-10-23)21-28(34(27)41)30(40)14-24-17-37-35(38-18-24)45-31-8-11-36-29-16-33(43-3)32(42-2)15-26(29)31/h4-8,11,15-18,20-21,23H,9-10,12-14,19H2,1-3H3. The number of ketones is 1. The molecule has 0 radical (unpaired) electrons. The highest BCUT2D eigenvalue weighted by Crippen LogP contribution is 2.36. The first-order valence-electron chi connectivity index (χ1n) is 14.8. The van der Waals surface area contributed by atoms with Crippen LogP contribution in [0.25, 0.3) is 22.0 Å². The van der Waals surface area contributed by atoms with Crippen molar-refractivity contribution in [2.24, 2.45) is 5.92 Å². The Morgan fingerprint density at radius 3 is 2.36 bits per heavy atom. The van der Waals surface area contributed by atoms with Crippen molar-refractivity contribution in [2.75, 3.05) is 27.4 Å². The summed E-state index contributed by atoms with van der Waals surface area (Å²) in [6.45, 7) is 4.16. The van der Waals surface area contributed by atoms with Crippen molar-refractivity contribution in [3.05, 3.63) is 100 Å². The summed E-state index contributed by atoms with van der Waals surface area (Å²) in [5, 5.41) is 0.698. The van der Waals surface area contributed by atoms with E-state index < -0.39 is 0 Å². The second kappa shape index (κ2) is 13.3. The van der Waals surface area contributed by atoms with Crippen molar-refractivity contribution in [1.82, 2.24) is 19.5 Å². The number of aromatic nitrogens is 4. The number of rotatable bonds is 10. The van der Waals surface area contributed by atoms with Crippen molar-refractivity contribution in [1.29, 1.82) is 0 Å². The number of pyridine rings is 2. The molecule has 230 valence electrons. The van der Waals surface area contributed by atoms with Gasteiger partial charge in [0.1, 0.15) is 5.75 Å². The molecule has 5 aromatic rings. The lowest BCUT2D eigenvalue weighted by atomic mass is 9.98. The number of benzene rings is 2. The molecule has 0 spiro atoms. The number of Topliss-reactive ketones (excluding diaryl/α,β-unsaturated/α-hetero) is 1. The van der Waals surface area contributed by atoms with Gasteiger partial charge in [0.05, 0.1) is 25.3 Å². The van der Waals surface area contributed by atoms with Crippen LogP contribution in [0.5, 0.6) is 23.3 Å². The van der Waals surface area contributed by atoms with Gasteiger partial charge in [0.25, 0.3) is 0 Å². The summed E-state index contributed by atoms with van der Waals surface area (Å²) in [6.07, 6.45) is 10.1. The molecule has 0 aliphatic carbocycles. The van der Waals surface area contributed by atoms with E-state index in [2.05, 4.69) is 15.0 Å². The Labute approximate surface area is 260 Å². The Morgan fingerprint density at radius 1 is 0.933 bits per heavy atom. The van der Waals surface area contributed by atoms with Gasteiger partial charge in [-0.05, 0) is 48.9 Å². The van der Waals surface area contributed by atoms with Crippen molar-refractivity contribution in [3.8, 4) is 34.4 Å². The zero-order chi connectivity index (χ0) is 31.3. The van der Waals surface area contributed by atoms with Gasteiger partial charge < -0.3 is 23.5 Å². The Morgan fingerprint density at radius 2 is 1.64 bits per heavy atom. The first kappa shape index (κ1) is 30.0. The van der Waals surface area contributed by atoms with Crippen LogP contribution in [0.1, 0.15) is 34.3 Å². The largest absolute Gasteiger partial charge is 0.493 e. The molecule has 1 aliphatic rings. The molecule has 0 atom stereocenters. The van der Waals surface area contributed by atoms with Gasteiger partial charge in [-0.3, -0.25) is 14.6 Å². The lowest BCUT2D eigenvalue weighted by Crippen LogP contribution is -2.25. The van der Waals surface area contributed by atoms with Gasteiger partial charge in [-0.1, -0.05) is 29.8 Å². The summed E-state index contributed by atoms with van der Waals surface area (Å²) in [5.74, 6) is 1.70. The number of carbonyl (C=O) groups excluding carboxylic acids is 1. The second-order valence-electron chi connectivity index (χ2n) is 11.1. The Balaban J connectivity index is 1.24. The third-order valence-electron chi connectivity index (χ3n) is 8.01. The number of aryl methyl sites for hydroxylation is 1. The minimum atomic E-state index is -0.298. The van der Waals surface area contributed by atoms with Crippen molar-refractivity contribution >= 4 is 16.7 Å². The van der Waals surface area contributed by atoms with Crippen LogP contribution in [0.3, 0.4) is 0 Å². The zero-order valence-electron chi connectivity index (χ0n) is 25.5. The number of carbonyl (C=O) groups is 1. The van der Waals surface area contributed by atoms with E-state index in [4.69, 9.17) is 18.9 Å². The van der Waals surface area contributed by atoms with Gasteiger partial charge in [0, 0.05) is 74.2 Å². The molecule has 0 amide bonds. The first-order valence-corrected chi connectivity index (χ1v) is 14.8. The highest BCUT2D eigenvalue weighted by atomic mass is 16.5. The molecule has 10 nitrogen and oxygen atoms in total. The molecule has 1 saturated heterocycles. The van der Waals surface area contributed by atoms with Crippen LogP contribution in [-0.4, -0.2) is 52.7 Å². The molecular weight excluding hydrogens is 572 g/mol. The van der Waals surface area contributed by atoms with Gasteiger partial charge in [-0.2, -0.15) is 0 Å². The smallest absolute Gasteiger partial charge is 0.321 e. The normalized spacial score (nSPS) is 13.5. The summed E-state index contributed by atoms with van der Waals surface area (Å²) >= 11 is 0. The third-order valence-corrected chi connectivity index (χ3v) is 8.01. The fourth-order valence-electron chi connectivity index (χ4n) is 5.50. The second-order valence-corrected chi connectivity index (χ2v) is 11.1. The Bertz CT molecular complexity index is 1880. The average Bonchev–Trinajstić information content (AvgIpc) is 3.06. The van der Waals surface area contributed by atoms with Crippen LogP contribution >= 0.6 is 0 Å². The quantitative estimate of drug-likeness (QED) is 0.181. The molecule has 1 fully saturated rings. The molecule has 6 rings (SSSR count). The van der Waals surface area contributed by atoms with Crippen LogP contribution in [-0.2, 0) is 17.7 Å². The Hall–Kier alpha value is -5.09. The summed E-state index contributed by atoms with van der Waals surface area (Å²) in [5.41, 5.74) is 3.46. The molecule has 10 heteroatoms. The van der Waals surface area contributed by atoms with Crippen LogP contribution < -0.4 is 19.6 Å². The SMILES string of the molecule is COc1cc2nccc(Oc3ncc(CC(=O)c4cn(CC5CCOCC5)cc(-c5ccc(C)cc5)c4=O)cn3)c2cc1OC. The molecule has 0 N–H and O–H groups in total. The monoisotopic (exact) mass is 606 g/mol. The van der Waals surface area contributed by atoms with E-state index in [1.165, 1.54) is 12.4 Å². The number of nitrogens with zero attached hydrogens (tertiary/aromatic N) is 4. The first-order chi connectivity index (χ1) is 21.9. The van der Waals surface area contributed by atoms with E-state index in [1.54, 1.807) is 44.8 Å². The summed E-state index contributed by atoms with van der Waals surface area (Å²) in [7, 11) is 3.12. The fraction of sp³-hybridized carbons (Fsp3) is 0.286. The molecule has 0 bridgehead atoms. The fourth-order valence-corrected chi connectivity index (χ4v) is 5.50. The van der Waals surface area contributed by atoms with Crippen LogP contribution in [0.15, 0.2) is 78.2 Å². The van der Waals surface area contributed by atoms with E-state index in [9.17, 15) is 9.59 Å². The number of fused-ring (bicyclic) bond motifs is 1. The zero-order valence-corrected chi connectivity index (χ0v) is 25.5. The molecule has 3 aromatic heterocycles. The third kappa shape index (κ3) is 6.71. The highest BCUT2D eigenvalue weighted by molar-refractivity contribution is 5.98. The van der Waals surface area contributed by atoms with Gasteiger partial charge in [-0.15, -0.1) is 0 Å². The highest BCUT2D eigenvalue weighted by Gasteiger charge is 2.20. The van der Waals surface area contributed by atoms with Gasteiger partial charge in [0.15, 0.2) is 22.7 Å². The molecule has 45 heavy (non-hydrogen) atoms. The predicted octanol–water partition coefficient (Wildman–Crippen LogP) is 5.82. The van der Waals surface area contributed by atoms with Crippen molar-refractivity contribution in [3.63, 3.8) is 0 Å². The molecular formula is C35H34N4O6. The maximum atomic E-state index is 13.7.